The molecule has 1 saturated heterocycles. The van der Waals surface area contributed by atoms with Gasteiger partial charge in [-0.2, -0.15) is 0 Å². The van der Waals surface area contributed by atoms with Gasteiger partial charge in [-0.05, 0) is 30.4 Å². The lowest BCUT2D eigenvalue weighted by molar-refractivity contribution is -0.144. The van der Waals surface area contributed by atoms with E-state index in [4.69, 9.17) is 5.73 Å². The molecule has 1 aromatic rings. The van der Waals surface area contributed by atoms with Gasteiger partial charge in [0.25, 0.3) is 0 Å². The van der Waals surface area contributed by atoms with Gasteiger partial charge in [0.2, 0.25) is 0 Å². The molecule has 0 saturated carbocycles. The summed E-state index contributed by atoms with van der Waals surface area (Å²) in [4.78, 5) is 13.9. The predicted octanol–water partition coefficient (Wildman–Crippen LogP) is 1.90. The first kappa shape index (κ1) is 15.0. The summed E-state index contributed by atoms with van der Waals surface area (Å²) in [6, 6.07) is 9.13. The fourth-order valence-electron chi connectivity index (χ4n) is 2.92. The Kier molecular flexibility index (Phi) is 4.45. The fraction of sp³-hybridized carbons (Fsp3) is 0.562. The van der Waals surface area contributed by atoms with Crippen LogP contribution in [0.3, 0.4) is 0 Å². The maximum atomic E-state index is 11.7. The maximum Gasteiger partial charge on any atom is 0.329 e. The van der Waals surface area contributed by atoms with Crippen LogP contribution in [0.25, 0.3) is 0 Å². The third-order valence-corrected chi connectivity index (χ3v) is 4.40. The van der Waals surface area contributed by atoms with E-state index in [1.54, 1.807) is 12.1 Å². The van der Waals surface area contributed by atoms with Crippen LogP contribution in [0.1, 0.15) is 25.8 Å². The molecule has 1 aromatic carbocycles. The minimum Gasteiger partial charge on any atom is -0.480 e. The molecule has 0 radical (unpaired) electrons. The van der Waals surface area contributed by atoms with E-state index in [9.17, 15) is 9.90 Å². The van der Waals surface area contributed by atoms with Gasteiger partial charge in [-0.25, -0.2) is 4.79 Å². The van der Waals surface area contributed by atoms with Crippen molar-refractivity contribution in [2.24, 2.45) is 17.6 Å². The zero-order valence-corrected chi connectivity index (χ0v) is 12.2. The summed E-state index contributed by atoms with van der Waals surface area (Å²) in [7, 11) is 0. The van der Waals surface area contributed by atoms with Crippen molar-refractivity contribution < 1.29 is 9.90 Å². The van der Waals surface area contributed by atoms with Crippen molar-refractivity contribution in [3.8, 4) is 0 Å². The number of aliphatic carboxylic acids is 1. The molecule has 3 N–H and O–H groups in total. The van der Waals surface area contributed by atoms with Crippen molar-refractivity contribution in [1.29, 1.82) is 0 Å². The van der Waals surface area contributed by atoms with Crippen molar-refractivity contribution in [3.63, 3.8) is 0 Å². The summed E-state index contributed by atoms with van der Waals surface area (Å²) >= 11 is 0. The normalized spacial score (nSPS) is 22.9. The minimum absolute atomic E-state index is 0.371. The number of carboxylic acids is 1. The molecule has 0 bridgehead atoms. The van der Waals surface area contributed by atoms with E-state index in [-0.39, 0.29) is 0 Å². The molecule has 0 aliphatic carbocycles. The lowest BCUT2D eigenvalue weighted by Gasteiger charge is -2.30. The third-order valence-electron chi connectivity index (χ3n) is 4.40. The van der Waals surface area contributed by atoms with Crippen LogP contribution >= 0.6 is 0 Å². The van der Waals surface area contributed by atoms with E-state index in [2.05, 4.69) is 18.7 Å². The SMILES string of the molecule is CC(C)C1CCN(CC(N)(C(=O)O)c2ccccc2)C1. The Morgan fingerprint density at radius 1 is 1.45 bits per heavy atom. The zero-order valence-electron chi connectivity index (χ0n) is 12.2. The van der Waals surface area contributed by atoms with Gasteiger partial charge in [0.1, 0.15) is 0 Å². The fourth-order valence-corrected chi connectivity index (χ4v) is 2.92. The molecule has 1 aliphatic heterocycles. The van der Waals surface area contributed by atoms with Gasteiger partial charge >= 0.3 is 5.97 Å². The smallest absolute Gasteiger partial charge is 0.329 e. The Bertz CT molecular complexity index is 461. The molecule has 4 heteroatoms. The number of hydrogen-bond donors (Lipinski definition) is 2. The van der Waals surface area contributed by atoms with Crippen molar-refractivity contribution in [3.05, 3.63) is 35.9 Å². The average Bonchev–Trinajstić information content (AvgIpc) is 2.88. The lowest BCUT2D eigenvalue weighted by Crippen LogP contribution is -2.53. The molecular weight excluding hydrogens is 252 g/mol. The zero-order chi connectivity index (χ0) is 14.8. The molecule has 0 aromatic heterocycles. The number of nitrogens with two attached hydrogens (primary N) is 1. The molecule has 0 amide bonds. The predicted molar refractivity (Wildman–Crippen MR) is 79.3 cm³/mol. The highest BCUT2D eigenvalue weighted by atomic mass is 16.4. The van der Waals surface area contributed by atoms with Crippen molar-refractivity contribution >= 4 is 5.97 Å². The van der Waals surface area contributed by atoms with Crippen LogP contribution in [-0.4, -0.2) is 35.6 Å². The Hall–Kier alpha value is -1.39. The second-order valence-electron chi connectivity index (χ2n) is 6.17. The van der Waals surface area contributed by atoms with E-state index in [1.165, 1.54) is 0 Å². The highest BCUT2D eigenvalue weighted by molar-refractivity contribution is 5.80. The largest absolute Gasteiger partial charge is 0.480 e. The molecule has 1 heterocycles. The maximum absolute atomic E-state index is 11.7. The van der Waals surface area contributed by atoms with Gasteiger partial charge in [0.05, 0.1) is 0 Å². The summed E-state index contributed by atoms with van der Waals surface area (Å²) in [5.41, 5.74) is 5.56. The van der Waals surface area contributed by atoms with Crippen LogP contribution in [0.4, 0.5) is 0 Å². The van der Waals surface area contributed by atoms with Crippen molar-refractivity contribution in [2.45, 2.75) is 25.8 Å². The lowest BCUT2D eigenvalue weighted by atomic mass is 9.90. The van der Waals surface area contributed by atoms with Gasteiger partial charge in [0.15, 0.2) is 5.54 Å². The molecule has 2 rings (SSSR count). The van der Waals surface area contributed by atoms with E-state index >= 15 is 0 Å². The number of carboxylic acid groups (broad SMARTS) is 1. The van der Waals surface area contributed by atoms with Crippen LogP contribution in [0, 0.1) is 11.8 Å². The molecule has 110 valence electrons. The molecule has 20 heavy (non-hydrogen) atoms. The number of rotatable bonds is 5. The monoisotopic (exact) mass is 276 g/mol. The summed E-state index contributed by atoms with van der Waals surface area (Å²) in [6.45, 7) is 6.69. The highest BCUT2D eigenvalue weighted by Gasteiger charge is 2.39. The van der Waals surface area contributed by atoms with Gasteiger partial charge in [-0.15, -0.1) is 0 Å². The van der Waals surface area contributed by atoms with E-state index in [0.29, 0.717) is 23.9 Å². The Morgan fingerprint density at radius 2 is 2.10 bits per heavy atom. The first-order valence-electron chi connectivity index (χ1n) is 7.23. The average molecular weight is 276 g/mol. The van der Waals surface area contributed by atoms with Crippen LogP contribution in [-0.2, 0) is 10.3 Å². The topological polar surface area (TPSA) is 66.6 Å². The third kappa shape index (κ3) is 3.02. The number of nitrogens with zero attached hydrogens (tertiary/aromatic N) is 1. The molecule has 0 spiro atoms. The minimum atomic E-state index is -1.33. The number of benzene rings is 1. The quantitative estimate of drug-likeness (QED) is 0.862. The molecule has 1 aliphatic rings. The van der Waals surface area contributed by atoms with E-state index in [1.807, 2.05) is 18.2 Å². The van der Waals surface area contributed by atoms with Gasteiger partial charge in [0, 0.05) is 13.1 Å². The van der Waals surface area contributed by atoms with Crippen LogP contribution in [0.2, 0.25) is 0 Å². The van der Waals surface area contributed by atoms with Gasteiger partial charge < -0.3 is 15.7 Å². The summed E-state index contributed by atoms with van der Waals surface area (Å²) in [5.74, 6) is 0.314. The summed E-state index contributed by atoms with van der Waals surface area (Å²) in [5, 5.41) is 9.57. The molecule has 1 fully saturated rings. The van der Waals surface area contributed by atoms with Crippen molar-refractivity contribution in [2.75, 3.05) is 19.6 Å². The second-order valence-corrected chi connectivity index (χ2v) is 6.17. The highest BCUT2D eigenvalue weighted by Crippen LogP contribution is 2.27. The summed E-state index contributed by atoms with van der Waals surface area (Å²) in [6.07, 6.45) is 1.13. The van der Waals surface area contributed by atoms with Gasteiger partial charge in [-0.1, -0.05) is 44.2 Å². The second kappa shape index (κ2) is 5.94. The number of likely N-dealkylation sites (tertiary alicyclic amines) is 1. The standard InChI is InChI=1S/C16H24N2O2/c1-12(2)13-8-9-18(10-13)11-16(17,15(19)20)14-6-4-3-5-7-14/h3-7,12-13H,8-11,17H2,1-2H3,(H,19,20). The van der Waals surface area contributed by atoms with Crippen LogP contribution < -0.4 is 5.73 Å². The van der Waals surface area contributed by atoms with Gasteiger partial charge in [-0.3, -0.25) is 0 Å². The molecule has 2 unspecified atom stereocenters. The molecule has 2 atom stereocenters. The molecule has 4 nitrogen and oxygen atoms in total. The summed E-state index contributed by atoms with van der Waals surface area (Å²) < 4.78 is 0. The van der Waals surface area contributed by atoms with Crippen LogP contribution in [0.15, 0.2) is 30.3 Å². The Balaban J connectivity index is 2.13. The molecular formula is C16H24N2O2. The first-order valence-corrected chi connectivity index (χ1v) is 7.23. The Labute approximate surface area is 120 Å². The number of carbonyl (C=O) groups is 1. The van der Waals surface area contributed by atoms with Crippen molar-refractivity contribution in [1.82, 2.24) is 4.90 Å². The van der Waals surface area contributed by atoms with Crippen LogP contribution in [0.5, 0.6) is 0 Å². The van der Waals surface area contributed by atoms with E-state index < -0.39 is 11.5 Å². The Morgan fingerprint density at radius 3 is 2.60 bits per heavy atom. The number of hydrogen-bond acceptors (Lipinski definition) is 3. The van der Waals surface area contributed by atoms with E-state index in [0.717, 1.165) is 19.5 Å². The first-order chi connectivity index (χ1) is 9.43.